The minimum atomic E-state index is 0.955. The highest BCUT2D eigenvalue weighted by molar-refractivity contribution is 6.03. The van der Waals surface area contributed by atoms with Crippen LogP contribution in [-0.2, 0) is 6.54 Å². The zero-order valence-electron chi connectivity index (χ0n) is 23.1. The SMILES string of the molecule is CCN(CC)c1ccc2c(-c3ccccc3CN3CCCCC3)c3ccc(=[N+](CC)CC)cc-3oc2c1. The quantitative estimate of drug-likeness (QED) is 0.197. The molecule has 1 saturated heterocycles. The van der Waals surface area contributed by atoms with Crippen LogP contribution < -0.4 is 14.8 Å². The van der Waals surface area contributed by atoms with Crippen LogP contribution >= 0.6 is 0 Å². The van der Waals surface area contributed by atoms with E-state index in [-0.39, 0.29) is 0 Å². The van der Waals surface area contributed by atoms with Crippen molar-refractivity contribution in [3.63, 3.8) is 0 Å². The molecule has 37 heavy (non-hydrogen) atoms. The van der Waals surface area contributed by atoms with Gasteiger partial charge in [-0.3, -0.25) is 4.90 Å². The van der Waals surface area contributed by atoms with Gasteiger partial charge in [-0.05, 0) is 83.0 Å². The molecule has 0 saturated carbocycles. The molecule has 4 heteroatoms. The first kappa shape index (κ1) is 25.5. The summed E-state index contributed by atoms with van der Waals surface area (Å²) in [7, 11) is 0. The van der Waals surface area contributed by atoms with Crippen molar-refractivity contribution in [2.45, 2.75) is 53.5 Å². The van der Waals surface area contributed by atoms with E-state index < -0.39 is 0 Å². The van der Waals surface area contributed by atoms with E-state index >= 15 is 0 Å². The van der Waals surface area contributed by atoms with Gasteiger partial charge in [0.05, 0.1) is 6.07 Å². The maximum atomic E-state index is 6.69. The van der Waals surface area contributed by atoms with Gasteiger partial charge in [-0.2, -0.15) is 0 Å². The minimum Gasteiger partial charge on any atom is -0.456 e. The zero-order valence-corrected chi connectivity index (χ0v) is 23.1. The van der Waals surface area contributed by atoms with Crippen molar-refractivity contribution in [2.24, 2.45) is 0 Å². The summed E-state index contributed by atoms with van der Waals surface area (Å²) in [6.07, 6.45) is 3.97. The third kappa shape index (κ3) is 5.17. The maximum Gasteiger partial charge on any atom is 0.203 e. The predicted molar refractivity (Wildman–Crippen MR) is 157 cm³/mol. The molecule has 4 nitrogen and oxygen atoms in total. The zero-order chi connectivity index (χ0) is 25.8. The largest absolute Gasteiger partial charge is 0.456 e. The number of nitrogens with zero attached hydrogens (tertiary/aromatic N) is 3. The Morgan fingerprint density at radius 1 is 0.811 bits per heavy atom. The number of hydrogen-bond acceptors (Lipinski definition) is 3. The third-order valence-electron chi connectivity index (χ3n) is 8.08. The molecule has 2 heterocycles. The van der Waals surface area contributed by atoms with Crippen molar-refractivity contribution < 1.29 is 4.42 Å². The van der Waals surface area contributed by atoms with E-state index in [1.807, 2.05) is 0 Å². The van der Waals surface area contributed by atoms with E-state index in [9.17, 15) is 0 Å². The topological polar surface area (TPSA) is 22.6 Å². The van der Waals surface area contributed by atoms with Crippen LogP contribution in [0.25, 0.3) is 33.4 Å². The summed E-state index contributed by atoms with van der Waals surface area (Å²) in [6, 6.07) is 22.6. The molecule has 0 atom stereocenters. The number of likely N-dealkylation sites (tertiary alicyclic amines) is 1. The molecule has 3 aliphatic rings. The van der Waals surface area contributed by atoms with Crippen molar-refractivity contribution in [1.29, 1.82) is 0 Å². The first-order valence-corrected chi connectivity index (χ1v) is 14.3. The molecule has 1 fully saturated rings. The van der Waals surface area contributed by atoms with Crippen LogP contribution in [0.5, 0.6) is 0 Å². The highest BCUT2D eigenvalue weighted by atomic mass is 16.3. The summed E-state index contributed by atoms with van der Waals surface area (Å²) in [5.74, 6) is 0.955. The molecule has 0 unspecified atom stereocenters. The molecule has 1 aliphatic carbocycles. The van der Waals surface area contributed by atoms with Gasteiger partial charge in [0.15, 0.2) is 0 Å². The molecule has 0 bridgehead atoms. The molecule has 194 valence electrons. The molecule has 0 radical (unpaired) electrons. The summed E-state index contributed by atoms with van der Waals surface area (Å²) in [4.78, 5) is 5.01. The van der Waals surface area contributed by atoms with Gasteiger partial charge in [0.25, 0.3) is 0 Å². The fourth-order valence-corrected chi connectivity index (χ4v) is 5.99. The van der Waals surface area contributed by atoms with Crippen molar-refractivity contribution >= 4 is 16.7 Å². The van der Waals surface area contributed by atoms with E-state index in [0.29, 0.717) is 0 Å². The monoisotopic (exact) mass is 496 g/mol. The first-order valence-electron chi connectivity index (χ1n) is 14.3. The summed E-state index contributed by atoms with van der Waals surface area (Å²) in [5.41, 5.74) is 7.37. The van der Waals surface area contributed by atoms with Crippen LogP contribution in [0.2, 0.25) is 0 Å². The number of anilines is 1. The average Bonchev–Trinajstić information content (AvgIpc) is 2.94. The minimum absolute atomic E-state index is 0.955. The lowest BCUT2D eigenvalue weighted by molar-refractivity contribution is 0.221. The summed E-state index contributed by atoms with van der Waals surface area (Å²) in [6.45, 7) is 16.2. The molecule has 2 aromatic carbocycles. The van der Waals surface area contributed by atoms with Gasteiger partial charge >= 0.3 is 0 Å². The lowest BCUT2D eigenvalue weighted by atomic mass is 9.90. The Labute approximate surface area is 222 Å². The number of rotatable bonds is 8. The Bertz CT molecular complexity index is 1390. The molecular weight excluding hydrogens is 454 g/mol. The molecule has 0 N–H and O–H groups in total. The fourth-order valence-electron chi connectivity index (χ4n) is 5.99. The van der Waals surface area contributed by atoms with Crippen LogP contribution in [0.4, 0.5) is 5.69 Å². The summed E-state index contributed by atoms with van der Waals surface area (Å²) < 4.78 is 9.08. The van der Waals surface area contributed by atoms with Crippen LogP contribution in [0.15, 0.2) is 65.1 Å². The van der Waals surface area contributed by atoms with E-state index in [1.54, 1.807) is 0 Å². The molecule has 0 spiro atoms. The van der Waals surface area contributed by atoms with Gasteiger partial charge in [0, 0.05) is 54.0 Å². The number of fused-ring (bicyclic) bond motifs is 2. The number of hydrogen-bond donors (Lipinski definition) is 0. The molecular formula is C33H42N3O+. The number of benzene rings is 3. The van der Waals surface area contributed by atoms with E-state index in [0.717, 1.165) is 44.1 Å². The van der Waals surface area contributed by atoms with E-state index in [4.69, 9.17) is 4.42 Å². The normalized spacial score (nSPS) is 14.4. The maximum absolute atomic E-state index is 6.69. The Morgan fingerprint density at radius 3 is 2.30 bits per heavy atom. The van der Waals surface area contributed by atoms with Crippen molar-refractivity contribution in [3.8, 4) is 22.5 Å². The summed E-state index contributed by atoms with van der Waals surface area (Å²) in [5, 5.41) is 2.40. The second-order valence-electron chi connectivity index (χ2n) is 10.2. The molecule has 2 aromatic rings. The lowest BCUT2D eigenvalue weighted by Crippen LogP contribution is -2.29. The lowest BCUT2D eigenvalue weighted by Gasteiger charge is -2.28. The molecule has 2 aliphatic heterocycles. The second-order valence-corrected chi connectivity index (χ2v) is 10.2. The third-order valence-corrected chi connectivity index (χ3v) is 8.08. The molecule has 0 aromatic heterocycles. The predicted octanol–water partition coefficient (Wildman–Crippen LogP) is 6.85. The van der Waals surface area contributed by atoms with Crippen LogP contribution in [0, 0.1) is 0 Å². The van der Waals surface area contributed by atoms with Gasteiger partial charge in [-0.1, -0.05) is 30.7 Å². The highest BCUT2D eigenvalue weighted by Crippen LogP contribution is 2.42. The van der Waals surface area contributed by atoms with Gasteiger partial charge in [0.1, 0.15) is 24.4 Å². The van der Waals surface area contributed by atoms with Gasteiger partial charge in [0.2, 0.25) is 5.36 Å². The Kier molecular flexibility index (Phi) is 7.95. The van der Waals surface area contributed by atoms with Gasteiger partial charge < -0.3 is 9.32 Å². The van der Waals surface area contributed by atoms with Crippen LogP contribution in [0.1, 0.15) is 52.5 Å². The Morgan fingerprint density at radius 2 is 1.57 bits per heavy atom. The Hall–Kier alpha value is -3.11. The fraction of sp³-hybridized carbons (Fsp3) is 0.424. The summed E-state index contributed by atoms with van der Waals surface area (Å²) >= 11 is 0. The second kappa shape index (κ2) is 11.5. The smallest absolute Gasteiger partial charge is 0.203 e. The van der Waals surface area contributed by atoms with Crippen molar-refractivity contribution in [3.05, 3.63) is 71.6 Å². The first-order chi connectivity index (χ1) is 18.2. The van der Waals surface area contributed by atoms with Gasteiger partial charge in [-0.15, -0.1) is 0 Å². The molecule has 0 amide bonds. The highest BCUT2D eigenvalue weighted by Gasteiger charge is 2.22. The Balaban J connectivity index is 1.76. The average molecular weight is 497 g/mol. The van der Waals surface area contributed by atoms with Crippen molar-refractivity contribution in [1.82, 2.24) is 9.48 Å². The molecule has 5 rings (SSSR count). The van der Waals surface area contributed by atoms with Gasteiger partial charge in [-0.25, -0.2) is 4.58 Å². The van der Waals surface area contributed by atoms with Crippen LogP contribution in [0.3, 0.4) is 0 Å². The van der Waals surface area contributed by atoms with Crippen molar-refractivity contribution in [2.75, 3.05) is 44.2 Å². The van der Waals surface area contributed by atoms with E-state index in [2.05, 4.69) is 103 Å². The van der Waals surface area contributed by atoms with E-state index in [1.165, 1.54) is 71.0 Å². The standard InChI is InChI=1S/C33H42N3O/c1-5-35(6-2)26-16-18-29-31(22-26)37-32-23-27(36(7-3)8-4)17-19-30(32)33(29)28-15-11-10-14-25(28)24-34-20-12-9-13-21-34/h10-11,14-19,22-23H,5-9,12-13,20-21,24H2,1-4H3/q+1. The number of piperidine rings is 1. The van der Waals surface area contributed by atoms with Crippen LogP contribution in [-0.4, -0.2) is 44.2 Å².